The molecule has 0 aliphatic rings. The first-order valence-electron chi connectivity index (χ1n) is 7.74. The molecule has 3 N–H and O–H groups in total. The minimum atomic E-state index is -0.472. The molecule has 0 fully saturated rings. The predicted octanol–water partition coefficient (Wildman–Crippen LogP) is 3.35. The van der Waals surface area contributed by atoms with E-state index in [4.69, 9.17) is 5.73 Å². The van der Waals surface area contributed by atoms with E-state index in [9.17, 15) is 4.79 Å². The van der Waals surface area contributed by atoms with Crippen LogP contribution in [0.4, 0.5) is 5.82 Å². The average molecular weight is 334 g/mol. The second-order valence-electron chi connectivity index (χ2n) is 5.42. The molecule has 124 valence electrons. The van der Waals surface area contributed by atoms with E-state index in [0.717, 1.165) is 24.8 Å². The van der Waals surface area contributed by atoms with Crippen molar-refractivity contribution < 1.29 is 4.79 Å². The van der Waals surface area contributed by atoms with Gasteiger partial charge in [-0.1, -0.05) is 43.7 Å². The summed E-state index contributed by atoms with van der Waals surface area (Å²) in [5.74, 6) is 0.400. The van der Waals surface area contributed by atoms with Crippen molar-refractivity contribution in [3.05, 3.63) is 59.8 Å². The molecule has 1 aromatic heterocycles. The van der Waals surface area contributed by atoms with Gasteiger partial charge in [0.2, 0.25) is 5.91 Å². The van der Waals surface area contributed by atoms with Gasteiger partial charge in [0, 0.05) is 6.20 Å². The van der Waals surface area contributed by atoms with Gasteiger partial charge in [-0.3, -0.25) is 4.79 Å². The number of nitrogens with zero attached hydrogens (tertiary/aromatic N) is 1. The average Bonchev–Trinajstić information content (AvgIpc) is 2.54. The third-order valence-electron chi connectivity index (χ3n) is 3.56. The maximum Gasteiger partial charge on any atom is 0.242 e. The second kappa shape index (κ2) is 9.98. The third kappa shape index (κ3) is 6.38. The van der Waals surface area contributed by atoms with Crippen LogP contribution in [0.2, 0.25) is 0 Å². The maximum absolute atomic E-state index is 11.9. The lowest BCUT2D eigenvalue weighted by Gasteiger charge is -2.11. The molecule has 1 heterocycles. The van der Waals surface area contributed by atoms with Gasteiger partial charge in [-0.2, -0.15) is 0 Å². The van der Waals surface area contributed by atoms with Gasteiger partial charge in [-0.25, -0.2) is 4.98 Å². The van der Waals surface area contributed by atoms with Crippen molar-refractivity contribution in [2.24, 2.45) is 5.73 Å². The van der Waals surface area contributed by atoms with Gasteiger partial charge >= 0.3 is 0 Å². The van der Waals surface area contributed by atoms with Crippen molar-refractivity contribution in [1.82, 2.24) is 4.98 Å². The van der Waals surface area contributed by atoms with Crippen LogP contribution in [0.5, 0.6) is 0 Å². The highest BCUT2D eigenvalue weighted by Gasteiger charge is 2.12. The fourth-order valence-electron chi connectivity index (χ4n) is 2.29. The number of benzene rings is 1. The van der Waals surface area contributed by atoms with Crippen LogP contribution >= 0.6 is 12.4 Å². The fraction of sp³-hybridized carbons (Fsp3) is 0.333. The van der Waals surface area contributed by atoms with E-state index in [2.05, 4.69) is 22.4 Å². The van der Waals surface area contributed by atoms with Crippen LogP contribution < -0.4 is 11.1 Å². The summed E-state index contributed by atoms with van der Waals surface area (Å²) in [7, 11) is 0. The molecule has 1 unspecified atom stereocenters. The third-order valence-corrected chi connectivity index (χ3v) is 3.56. The number of carbonyl (C=O) groups excluding carboxylic acids is 1. The zero-order valence-electron chi connectivity index (χ0n) is 13.4. The highest BCUT2D eigenvalue weighted by atomic mass is 35.5. The van der Waals surface area contributed by atoms with Crippen molar-refractivity contribution in [1.29, 1.82) is 0 Å². The molecular weight excluding hydrogens is 310 g/mol. The Morgan fingerprint density at radius 3 is 2.57 bits per heavy atom. The number of hydrogen-bond acceptors (Lipinski definition) is 3. The highest BCUT2D eigenvalue weighted by molar-refractivity contribution is 5.93. The first-order chi connectivity index (χ1) is 10.7. The molecule has 0 bridgehead atoms. The monoisotopic (exact) mass is 333 g/mol. The Morgan fingerprint density at radius 2 is 1.87 bits per heavy atom. The molecule has 0 radical (unpaired) electrons. The number of pyridine rings is 1. The molecule has 1 aromatic carbocycles. The SMILES string of the molecule is CCCC(N)C(=O)Nc1cc(CCc2ccccc2)ccn1.Cl. The maximum atomic E-state index is 11.9. The molecule has 4 nitrogen and oxygen atoms in total. The molecular formula is C18H24ClN3O. The Balaban J connectivity index is 0.00000264. The zero-order valence-corrected chi connectivity index (χ0v) is 14.2. The van der Waals surface area contributed by atoms with Crippen LogP contribution in [-0.2, 0) is 17.6 Å². The number of halogens is 1. The number of rotatable bonds is 7. The van der Waals surface area contributed by atoms with Crippen LogP contribution in [-0.4, -0.2) is 16.9 Å². The largest absolute Gasteiger partial charge is 0.320 e. The lowest BCUT2D eigenvalue weighted by molar-refractivity contribution is -0.117. The van der Waals surface area contributed by atoms with Crippen molar-refractivity contribution >= 4 is 24.1 Å². The topological polar surface area (TPSA) is 68.0 Å². The summed E-state index contributed by atoms with van der Waals surface area (Å²) >= 11 is 0. The van der Waals surface area contributed by atoms with Crippen LogP contribution in [0.1, 0.15) is 30.9 Å². The summed E-state index contributed by atoms with van der Waals surface area (Å²) in [6.07, 6.45) is 5.17. The number of anilines is 1. The normalized spacial score (nSPS) is 11.4. The predicted molar refractivity (Wildman–Crippen MR) is 96.8 cm³/mol. The van der Waals surface area contributed by atoms with E-state index >= 15 is 0 Å². The summed E-state index contributed by atoms with van der Waals surface area (Å²) in [6, 6.07) is 13.8. The Morgan fingerprint density at radius 1 is 1.17 bits per heavy atom. The first-order valence-corrected chi connectivity index (χ1v) is 7.74. The van der Waals surface area contributed by atoms with E-state index in [-0.39, 0.29) is 18.3 Å². The number of nitrogens with one attached hydrogen (secondary N) is 1. The van der Waals surface area contributed by atoms with Gasteiger partial charge in [0.15, 0.2) is 0 Å². The van der Waals surface area contributed by atoms with Gasteiger partial charge < -0.3 is 11.1 Å². The summed E-state index contributed by atoms with van der Waals surface area (Å²) in [4.78, 5) is 16.1. The number of nitrogens with two attached hydrogens (primary N) is 1. The smallest absolute Gasteiger partial charge is 0.242 e. The van der Waals surface area contributed by atoms with Gasteiger partial charge in [-0.05, 0) is 42.5 Å². The Hall–Kier alpha value is -1.91. The molecule has 0 aliphatic carbocycles. The lowest BCUT2D eigenvalue weighted by atomic mass is 10.1. The molecule has 5 heteroatoms. The quantitative estimate of drug-likeness (QED) is 0.816. The van der Waals surface area contributed by atoms with Crippen molar-refractivity contribution in [2.75, 3.05) is 5.32 Å². The van der Waals surface area contributed by atoms with Crippen LogP contribution in [0.25, 0.3) is 0 Å². The molecule has 1 amide bonds. The molecule has 0 spiro atoms. The van der Waals surface area contributed by atoms with Crippen LogP contribution in [0.3, 0.4) is 0 Å². The highest BCUT2D eigenvalue weighted by Crippen LogP contribution is 2.11. The molecule has 2 aromatic rings. The number of amides is 1. The number of carbonyl (C=O) groups is 1. The number of aromatic nitrogens is 1. The molecule has 0 saturated heterocycles. The zero-order chi connectivity index (χ0) is 15.8. The summed E-state index contributed by atoms with van der Waals surface area (Å²) < 4.78 is 0. The standard InChI is InChI=1S/C18H23N3O.ClH/c1-2-6-16(19)18(22)21-17-13-15(11-12-20-17)10-9-14-7-4-3-5-8-14;/h3-5,7-8,11-13,16H,2,6,9-10,19H2,1H3,(H,20,21,22);1H. The number of aryl methyl sites for hydroxylation is 2. The Kier molecular flexibility index (Phi) is 8.30. The Labute approximate surface area is 143 Å². The minimum absolute atomic E-state index is 0. The lowest BCUT2D eigenvalue weighted by Crippen LogP contribution is -2.35. The Bertz CT molecular complexity index is 604. The van der Waals surface area contributed by atoms with Crippen LogP contribution in [0, 0.1) is 0 Å². The molecule has 0 saturated carbocycles. The number of hydrogen-bond donors (Lipinski definition) is 2. The van der Waals surface area contributed by atoms with Gasteiger partial charge in [0.05, 0.1) is 6.04 Å². The minimum Gasteiger partial charge on any atom is -0.320 e. The second-order valence-corrected chi connectivity index (χ2v) is 5.42. The van der Waals surface area contributed by atoms with E-state index in [0.29, 0.717) is 12.2 Å². The van der Waals surface area contributed by atoms with Crippen molar-refractivity contribution in [3.8, 4) is 0 Å². The van der Waals surface area contributed by atoms with Crippen LogP contribution in [0.15, 0.2) is 48.7 Å². The van der Waals surface area contributed by atoms with Gasteiger partial charge in [0.25, 0.3) is 0 Å². The molecule has 1 atom stereocenters. The van der Waals surface area contributed by atoms with Crippen molar-refractivity contribution in [3.63, 3.8) is 0 Å². The first kappa shape index (κ1) is 19.1. The van der Waals surface area contributed by atoms with E-state index in [1.807, 2.05) is 37.3 Å². The van der Waals surface area contributed by atoms with Gasteiger partial charge in [-0.15, -0.1) is 12.4 Å². The molecule has 23 heavy (non-hydrogen) atoms. The summed E-state index contributed by atoms with van der Waals surface area (Å²) in [6.45, 7) is 2.01. The van der Waals surface area contributed by atoms with E-state index in [1.54, 1.807) is 6.20 Å². The fourth-order valence-corrected chi connectivity index (χ4v) is 2.29. The van der Waals surface area contributed by atoms with Gasteiger partial charge in [0.1, 0.15) is 5.82 Å². The van der Waals surface area contributed by atoms with E-state index in [1.165, 1.54) is 5.56 Å². The molecule has 0 aliphatic heterocycles. The summed E-state index contributed by atoms with van der Waals surface area (Å²) in [5.41, 5.74) is 8.26. The van der Waals surface area contributed by atoms with Crippen molar-refractivity contribution in [2.45, 2.75) is 38.6 Å². The molecule has 2 rings (SSSR count). The summed E-state index contributed by atoms with van der Waals surface area (Å²) in [5, 5.41) is 2.79. The van der Waals surface area contributed by atoms with E-state index < -0.39 is 6.04 Å².